The number of aryl methyl sites for hydroxylation is 1. The molecule has 0 aromatic heterocycles. The highest BCUT2D eigenvalue weighted by Crippen LogP contribution is 2.33. The van der Waals surface area contributed by atoms with Gasteiger partial charge in [0.15, 0.2) is 0 Å². The fraction of sp³-hybridized carbons (Fsp3) is 0.625. The van der Waals surface area contributed by atoms with E-state index in [1.54, 1.807) is 0 Å². The van der Waals surface area contributed by atoms with Gasteiger partial charge >= 0.3 is 0 Å². The van der Waals surface area contributed by atoms with Gasteiger partial charge in [-0.3, -0.25) is 4.90 Å². The van der Waals surface area contributed by atoms with Gasteiger partial charge in [0.05, 0.1) is 0 Å². The third-order valence-corrected chi connectivity index (χ3v) is 5.06. The van der Waals surface area contributed by atoms with Gasteiger partial charge < -0.3 is 5.73 Å². The van der Waals surface area contributed by atoms with E-state index in [0.29, 0.717) is 12.6 Å². The minimum atomic E-state index is 0.346. The zero-order chi connectivity index (χ0) is 14.0. The van der Waals surface area contributed by atoms with Crippen LogP contribution in [0.1, 0.15) is 37.4 Å². The summed E-state index contributed by atoms with van der Waals surface area (Å²) < 4.78 is 1.19. The molecular weight excluding hydrogens is 300 g/mol. The maximum Gasteiger partial charge on any atom is 0.0481 e. The van der Waals surface area contributed by atoms with E-state index in [1.807, 2.05) is 0 Å². The van der Waals surface area contributed by atoms with Crippen molar-refractivity contribution >= 4 is 15.9 Å². The molecule has 2 nitrogen and oxygen atoms in total. The smallest absolute Gasteiger partial charge is 0.0481 e. The van der Waals surface area contributed by atoms with Gasteiger partial charge in [0, 0.05) is 23.6 Å². The largest absolute Gasteiger partial charge is 0.329 e. The fourth-order valence-electron chi connectivity index (χ4n) is 3.02. The first-order chi connectivity index (χ1) is 9.02. The highest BCUT2D eigenvalue weighted by molar-refractivity contribution is 9.10. The molecule has 3 heteroatoms. The molecule has 1 fully saturated rings. The molecule has 0 bridgehead atoms. The Labute approximate surface area is 125 Å². The van der Waals surface area contributed by atoms with Gasteiger partial charge in [-0.25, -0.2) is 0 Å². The monoisotopic (exact) mass is 324 g/mol. The van der Waals surface area contributed by atoms with E-state index in [-0.39, 0.29) is 0 Å². The number of nitrogens with zero attached hydrogens (tertiary/aromatic N) is 1. The molecule has 1 aromatic carbocycles. The Hall–Kier alpha value is -0.380. The van der Waals surface area contributed by atoms with E-state index in [2.05, 4.69) is 59.8 Å². The molecule has 1 saturated heterocycles. The molecule has 19 heavy (non-hydrogen) atoms. The predicted molar refractivity (Wildman–Crippen MR) is 85.2 cm³/mol. The number of rotatable bonds is 4. The summed E-state index contributed by atoms with van der Waals surface area (Å²) >= 11 is 3.70. The van der Waals surface area contributed by atoms with Crippen LogP contribution in [0.4, 0.5) is 0 Å². The number of likely N-dealkylation sites (tertiary alicyclic amines) is 1. The Bertz CT molecular complexity index is 431. The molecule has 106 valence electrons. The van der Waals surface area contributed by atoms with Crippen LogP contribution in [0.5, 0.6) is 0 Å². The van der Waals surface area contributed by atoms with Gasteiger partial charge in [0.25, 0.3) is 0 Å². The third-order valence-electron chi connectivity index (χ3n) is 4.38. The Morgan fingerprint density at radius 2 is 2.16 bits per heavy atom. The van der Waals surface area contributed by atoms with E-state index in [9.17, 15) is 0 Å². The van der Waals surface area contributed by atoms with Crippen molar-refractivity contribution in [2.24, 2.45) is 17.6 Å². The molecule has 2 rings (SSSR count). The normalized spacial score (nSPS) is 22.1. The summed E-state index contributed by atoms with van der Waals surface area (Å²) in [5.74, 6) is 1.59. The maximum atomic E-state index is 6.05. The van der Waals surface area contributed by atoms with E-state index >= 15 is 0 Å². The van der Waals surface area contributed by atoms with E-state index in [0.717, 1.165) is 11.8 Å². The molecular formula is C16H25BrN2. The van der Waals surface area contributed by atoms with Crippen molar-refractivity contribution in [2.45, 2.75) is 33.2 Å². The van der Waals surface area contributed by atoms with Gasteiger partial charge in [-0.2, -0.15) is 0 Å². The van der Waals surface area contributed by atoms with Gasteiger partial charge in [-0.15, -0.1) is 0 Å². The molecule has 0 amide bonds. The summed E-state index contributed by atoms with van der Waals surface area (Å²) in [4.78, 5) is 2.56. The van der Waals surface area contributed by atoms with Crippen LogP contribution in [-0.4, -0.2) is 24.5 Å². The van der Waals surface area contributed by atoms with Crippen molar-refractivity contribution in [2.75, 3.05) is 19.6 Å². The third kappa shape index (κ3) is 3.39. The highest BCUT2D eigenvalue weighted by Gasteiger charge is 2.30. The summed E-state index contributed by atoms with van der Waals surface area (Å²) in [6.07, 6.45) is 1.30. The predicted octanol–water partition coefficient (Wildman–Crippen LogP) is 3.74. The zero-order valence-corrected chi connectivity index (χ0v) is 13.8. The van der Waals surface area contributed by atoms with E-state index in [4.69, 9.17) is 5.73 Å². The highest BCUT2D eigenvalue weighted by atomic mass is 79.9. The van der Waals surface area contributed by atoms with Crippen LogP contribution in [0.2, 0.25) is 0 Å². The fourth-order valence-corrected chi connectivity index (χ4v) is 3.78. The summed E-state index contributed by atoms with van der Waals surface area (Å²) in [5, 5.41) is 0. The molecule has 0 saturated carbocycles. The Balaban J connectivity index is 2.16. The van der Waals surface area contributed by atoms with Gasteiger partial charge in [-0.1, -0.05) is 41.9 Å². The summed E-state index contributed by atoms with van der Waals surface area (Å²) in [5.41, 5.74) is 8.67. The molecule has 0 aliphatic carbocycles. The molecule has 1 heterocycles. The maximum absolute atomic E-state index is 6.05. The van der Waals surface area contributed by atoms with E-state index < -0.39 is 0 Å². The SMILES string of the molecule is Cc1ccc(C(CN)N2CCC(C(C)C)C2)c(Br)c1. The summed E-state index contributed by atoms with van der Waals surface area (Å²) in [7, 11) is 0. The second-order valence-electron chi connectivity index (χ2n) is 6.06. The second kappa shape index (κ2) is 6.38. The molecule has 2 atom stereocenters. The number of benzene rings is 1. The number of hydrogen-bond donors (Lipinski definition) is 1. The molecule has 1 aromatic rings. The lowest BCUT2D eigenvalue weighted by Crippen LogP contribution is -2.32. The van der Waals surface area contributed by atoms with Crippen molar-refractivity contribution < 1.29 is 0 Å². The van der Waals surface area contributed by atoms with Crippen LogP contribution in [0.15, 0.2) is 22.7 Å². The summed E-state index contributed by atoms with van der Waals surface area (Å²) in [6, 6.07) is 6.94. The molecule has 2 N–H and O–H groups in total. The molecule has 1 aliphatic rings. The first-order valence-corrected chi connectivity index (χ1v) is 8.02. The lowest BCUT2D eigenvalue weighted by atomic mass is 9.95. The molecule has 0 spiro atoms. The number of nitrogens with two attached hydrogens (primary N) is 1. The van der Waals surface area contributed by atoms with Crippen LogP contribution < -0.4 is 5.73 Å². The van der Waals surface area contributed by atoms with Crippen molar-refractivity contribution in [3.05, 3.63) is 33.8 Å². The van der Waals surface area contributed by atoms with Gasteiger partial charge in [-0.05, 0) is 48.9 Å². The van der Waals surface area contributed by atoms with E-state index in [1.165, 1.54) is 35.1 Å². The number of halogens is 1. The lowest BCUT2D eigenvalue weighted by molar-refractivity contribution is 0.231. The average molecular weight is 325 g/mol. The van der Waals surface area contributed by atoms with Crippen molar-refractivity contribution in [3.8, 4) is 0 Å². The van der Waals surface area contributed by atoms with Crippen LogP contribution in [0.3, 0.4) is 0 Å². The van der Waals surface area contributed by atoms with Crippen LogP contribution in [-0.2, 0) is 0 Å². The average Bonchev–Trinajstić information content (AvgIpc) is 2.82. The second-order valence-corrected chi connectivity index (χ2v) is 6.92. The van der Waals surface area contributed by atoms with Crippen LogP contribution in [0, 0.1) is 18.8 Å². The van der Waals surface area contributed by atoms with Crippen LogP contribution in [0.25, 0.3) is 0 Å². The molecule has 0 radical (unpaired) electrons. The van der Waals surface area contributed by atoms with Gasteiger partial charge in [0.1, 0.15) is 0 Å². The summed E-state index contributed by atoms with van der Waals surface area (Å²) in [6.45, 7) is 9.81. The minimum Gasteiger partial charge on any atom is -0.329 e. The Morgan fingerprint density at radius 1 is 1.42 bits per heavy atom. The topological polar surface area (TPSA) is 29.3 Å². The van der Waals surface area contributed by atoms with Crippen molar-refractivity contribution in [1.29, 1.82) is 0 Å². The minimum absolute atomic E-state index is 0.346. The first kappa shape index (κ1) is 15.0. The van der Waals surface area contributed by atoms with Crippen molar-refractivity contribution in [1.82, 2.24) is 4.90 Å². The molecule has 2 unspecified atom stereocenters. The Morgan fingerprint density at radius 3 is 2.68 bits per heavy atom. The van der Waals surface area contributed by atoms with Gasteiger partial charge in [0.2, 0.25) is 0 Å². The van der Waals surface area contributed by atoms with Crippen molar-refractivity contribution in [3.63, 3.8) is 0 Å². The first-order valence-electron chi connectivity index (χ1n) is 7.23. The Kier molecular flexibility index (Phi) is 5.04. The number of hydrogen-bond acceptors (Lipinski definition) is 2. The standard InChI is InChI=1S/C16H25BrN2/c1-11(2)13-6-7-19(10-13)16(9-18)14-5-4-12(3)8-15(14)17/h4-5,8,11,13,16H,6-7,9-10,18H2,1-3H3. The molecule has 1 aliphatic heterocycles. The van der Waals surface area contributed by atoms with Crippen LogP contribution >= 0.6 is 15.9 Å². The zero-order valence-electron chi connectivity index (χ0n) is 12.2. The lowest BCUT2D eigenvalue weighted by Gasteiger charge is -2.28. The quantitative estimate of drug-likeness (QED) is 0.914.